The van der Waals surface area contributed by atoms with Crippen molar-refractivity contribution < 1.29 is 22.9 Å². The maximum atomic E-state index is 12.8. The van der Waals surface area contributed by atoms with Crippen LogP contribution in [0.1, 0.15) is 19.4 Å². The molecule has 2 rings (SSSR count). The Balaban J connectivity index is 2.18. The molecule has 0 aliphatic heterocycles. The second-order valence-corrected chi connectivity index (χ2v) is 8.55. The highest BCUT2D eigenvalue weighted by atomic mass is 32.2. The number of aryl methyl sites for hydroxylation is 1. The van der Waals surface area contributed by atoms with Crippen LogP contribution in [0.5, 0.6) is 5.75 Å². The van der Waals surface area contributed by atoms with Gasteiger partial charge < -0.3 is 15.4 Å². The predicted molar refractivity (Wildman–Crippen MR) is 118 cm³/mol. The highest BCUT2D eigenvalue weighted by Crippen LogP contribution is 2.29. The molecule has 0 atom stereocenters. The van der Waals surface area contributed by atoms with Gasteiger partial charge in [0.15, 0.2) is 0 Å². The van der Waals surface area contributed by atoms with Gasteiger partial charge in [0.1, 0.15) is 5.75 Å². The number of hydrogen-bond donors (Lipinski definition) is 2. The van der Waals surface area contributed by atoms with Gasteiger partial charge in [-0.3, -0.25) is 14.9 Å². The number of nitrogens with zero attached hydrogens (tertiary/aromatic N) is 2. The van der Waals surface area contributed by atoms with Crippen LogP contribution in [0.4, 0.5) is 17.1 Å². The number of carbonyl (C=O) groups is 1. The van der Waals surface area contributed by atoms with Crippen LogP contribution >= 0.6 is 0 Å². The van der Waals surface area contributed by atoms with Crippen LogP contribution in [0, 0.1) is 17.0 Å². The molecule has 10 nitrogen and oxygen atoms in total. The molecular formula is C20H26N4O6S. The molecule has 0 heterocycles. The van der Waals surface area contributed by atoms with E-state index in [0.29, 0.717) is 30.1 Å². The van der Waals surface area contributed by atoms with Crippen molar-refractivity contribution in [2.75, 3.05) is 37.4 Å². The van der Waals surface area contributed by atoms with Gasteiger partial charge in [-0.1, -0.05) is 19.9 Å². The summed E-state index contributed by atoms with van der Waals surface area (Å²) in [4.78, 5) is 22.9. The first-order valence-corrected chi connectivity index (χ1v) is 11.0. The molecule has 0 unspecified atom stereocenters. The fraction of sp³-hybridized carbons (Fsp3) is 0.350. The average molecular weight is 451 g/mol. The van der Waals surface area contributed by atoms with E-state index in [2.05, 4.69) is 10.6 Å². The number of sulfonamides is 1. The standard InChI is InChI=1S/C20H26N4O6S/c1-5-23(6-2)31(28,29)16-9-10-19(30-4)17(12-16)21-13-20(25)22-15-8-7-14(3)18(11-15)24(26)27/h7-12,21H,5-6,13H2,1-4H3,(H,22,25). The van der Waals surface area contributed by atoms with Crippen molar-refractivity contribution >= 4 is 33.0 Å². The summed E-state index contributed by atoms with van der Waals surface area (Å²) in [5.41, 5.74) is 1.01. The fourth-order valence-electron chi connectivity index (χ4n) is 2.96. The maximum absolute atomic E-state index is 12.8. The van der Waals surface area contributed by atoms with Crippen molar-refractivity contribution in [2.24, 2.45) is 0 Å². The van der Waals surface area contributed by atoms with Crippen molar-refractivity contribution in [3.8, 4) is 5.75 Å². The zero-order valence-electron chi connectivity index (χ0n) is 17.8. The molecule has 0 saturated heterocycles. The molecule has 168 valence electrons. The van der Waals surface area contributed by atoms with Crippen LogP contribution in [0.2, 0.25) is 0 Å². The topological polar surface area (TPSA) is 131 Å². The average Bonchev–Trinajstić information content (AvgIpc) is 2.73. The minimum absolute atomic E-state index is 0.0778. The molecule has 2 aromatic carbocycles. The molecule has 0 aliphatic carbocycles. The largest absolute Gasteiger partial charge is 0.495 e. The molecule has 31 heavy (non-hydrogen) atoms. The van der Waals surface area contributed by atoms with Gasteiger partial charge in [-0.25, -0.2) is 8.42 Å². The van der Waals surface area contributed by atoms with Gasteiger partial charge in [0.05, 0.1) is 29.2 Å². The van der Waals surface area contributed by atoms with E-state index in [0.717, 1.165) is 0 Å². The number of amides is 1. The number of anilines is 2. The number of benzene rings is 2. The molecule has 0 bridgehead atoms. The minimum atomic E-state index is -3.68. The maximum Gasteiger partial charge on any atom is 0.274 e. The van der Waals surface area contributed by atoms with Gasteiger partial charge >= 0.3 is 0 Å². The Labute approximate surface area is 181 Å². The van der Waals surface area contributed by atoms with Crippen LogP contribution in [0.15, 0.2) is 41.3 Å². The molecule has 0 aromatic heterocycles. The van der Waals surface area contributed by atoms with E-state index in [4.69, 9.17) is 4.74 Å². The molecule has 0 spiro atoms. The number of nitro groups is 1. The summed E-state index contributed by atoms with van der Waals surface area (Å²) in [6.07, 6.45) is 0. The van der Waals surface area contributed by atoms with E-state index in [-0.39, 0.29) is 22.8 Å². The van der Waals surface area contributed by atoms with Gasteiger partial charge in [-0.05, 0) is 31.2 Å². The van der Waals surface area contributed by atoms with Gasteiger partial charge in [-0.15, -0.1) is 0 Å². The summed E-state index contributed by atoms with van der Waals surface area (Å²) in [5, 5.41) is 16.5. The number of nitro benzene ring substituents is 1. The number of carbonyl (C=O) groups excluding carboxylic acids is 1. The Bertz CT molecular complexity index is 1070. The molecule has 1 amide bonds. The third-order valence-electron chi connectivity index (χ3n) is 4.64. The Kier molecular flexibility index (Phi) is 7.95. The van der Waals surface area contributed by atoms with Crippen LogP contribution in [0.3, 0.4) is 0 Å². The number of methoxy groups -OCH3 is 1. The van der Waals surface area contributed by atoms with E-state index in [1.807, 2.05) is 0 Å². The molecular weight excluding hydrogens is 424 g/mol. The molecule has 2 aromatic rings. The number of nitrogens with one attached hydrogen (secondary N) is 2. The van der Waals surface area contributed by atoms with Crippen LogP contribution < -0.4 is 15.4 Å². The number of ether oxygens (including phenoxy) is 1. The van der Waals surface area contributed by atoms with Gasteiger partial charge in [0.2, 0.25) is 15.9 Å². The molecule has 0 saturated carbocycles. The predicted octanol–water partition coefficient (Wildman–Crippen LogP) is 2.99. The van der Waals surface area contributed by atoms with Crippen LogP contribution in [-0.2, 0) is 14.8 Å². The highest BCUT2D eigenvalue weighted by Gasteiger charge is 2.23. The lowest BCUT2D eigenvalue weighted by Crippen LogP contribution is -2.30. The Hall–Kier alpha value is -3.18. The molecule has 0 radical (unpaired) electrons. The summed E-state index contributed by atoms with van der Waals surface area (Å²) >= 11 is 0. The Morgan fingerprint density at radius 3 is 2.42 bits per heavy atom. The first-order chi connectivity index (χ1) is 14.6. The van der Waals surface area contributed by atoms with Gasteiger partial charge in [-0.2, -0.15) is 4.31 Å². The summed E-state index contributed by atoms with van der Waals surface area (Å²) in [7, 11) is -2.24. The van der Waals surface area contributed by atoms with Crippen molar-refractivity contribution in [1.29, 1.82) is 0 Å². The third-order valence-corrected chi connectivity index (χ3v) is 6.69. The lowest BCUT2D eigenvalue weighted by atomic mass is 10.2. The lowest BCUT2D eigenvalue weighted by molar-refractivity contribution is -0.385. The zero-order valence-corrected chi connectivity index (χ0v) is 18.7. The fourth-order valence-corrected chi connectivity index (χ4v) is 4.45. The van der Waals surface area contributed by atoms with Crippen LogP contribution in [-0.4, -0.2) is 50.3 Å². The summed E-state index contributed by atoms with van der Waals surface area (Å²) in [6.45, 7) is 5.58. The normalized spacial score (nSPS) is 11.3. The van der Waals surface area contributed by atoms with Crippen molar-refractivity contribution in [3.63, 3.8) is 0 Å². The van der Waals surface area contributed by atoms with E-state index in [1.165, 1.54) is 35.7 Å². The monoisotopic (exact) mass is 450 g/mol. The first-order valence-electron chi connectivity index (χ1n) is 9.61. The highest BCUT2D eigenvalue weighted by molar-refractivity contribution is 7.89. The Morgan fingerprint density at radius 2 is 1.84 bits per heavy atom. The van der Waals surface area contributed by atoms with Crippen LogP contribution in [0.25, 0.3) is 0 Å². The lowest BCUT2D eigenvalue weighted by Gasteiger charge is -2.20. The number of rotatable bonds is 10. The SMILES string of the molecule is CCN(CC)S(=O)(=O)c1ccc(OC)c(NCC(=O)Nc2ccc(C)c([N+](=O)[O-])c2)c1. The smallest absolute Gasteiger partial charge is 0.274 e. The van der Waals surface area contributed by atoms with E-state index in [9.17, 15) is 23.3 Å². The van der Waals surface area contributed by atoms with E-state index in [1.54, 1.807) is 32.9 Å². The molecule has 2 N–H and O–H groups in total. The molecule has 0 aliphatic rings. The molecule has 0 fully saturated rings. The van der Waals surface area contributed by atoms with E-state index >= 15 is 0 Å². The van der Waals surface area contributed by atoms with E-state index < -0.39 is 20.9 Å². The second-order valence-electron chi connectivity index (χ2n) is 6.61. The quantitative estimate of drug-likeness (QED) is 0.420. The first kappa shape index (κ1) is 24.1. The molecule has 11 heteroatoms. The van der Waals surface area contributed by atoms with Crippen molar-refractivity contribution in [3.05, 3.63) is 52.1 Å². The van der Waals surface area contributed by atoms with Gasteiger partial charge in [0, 0.05) is 30.4 Å². The summed E-state index contributed by atoms with van der Waals surface area (Å²) in [6, 6.07) is 8.77. The zero-order chi connectivity index (χ0) is 23.2. The Morgan fingerprint density at radius 1 is 1.16 bits per heavy atom. The second kappa shape index (κ2) is 10.2. The third kappa shape index (κ3) is 5.70. The van der Waals surface area contributed by atoms with Crippen molar-refractivity contribution in [1.82, 2.24) is 4.31 Å². The summed E-state index contributed by atoms with van der Waals surface area (Å²) < 4.78 is 32.1. The summed E-state index contributed by atoms with van der Waals surface area (Å²) in [5.74, 6) is -0.0884. The number of hydrogen-bond acceptors (Lipinski definition) is 7. The van der Waals surface area contributed by atoms with Crippen molar-refractivity contribution in [2.45, 2.75) is 25.7 Å². The minimum Gasteiger partial charge on any atom is -0.495 e. The van der Waals surface area contributed by atoms with Gasteiger partial charge in [0.25, 0.3) is 5.69 Å².